The number of anilines is 1. The molecule has 3 atom stereocenters. The first kappa shape index (κ1) is 25.5. The fourth-order valence-electron chi connectivity index (χ4n) is 7.21. The summed E-state index contributed by atoms with van der Waals surface area (Å²) in [4.78, 5) is 58.6. The van der Waals surface area contributed by atoms with Crippen LogP contribution in [0.25, 0.3) is 0 Å². The Bertz CT molecular complexity index is 1140. The van der Waals surface area contributed by atoms with E-state index in [4.69, 9.17) is 0 Å². The van der Waals surface area contributed by atoms with E-state index in [1.54, 1.807) is 12.1 Å². The minimum Gasteiger partial charge on any atom is -0.368 e. The Kier molecular flexibility index (Phi) is 6.76. The number of fused-ring (bicyclic) bond motifs is 1. The summed E-state index contributed by atoms with van der Waals surface area (Å²) in [7, 11) is 0. The number of carbonyl (C=O) groups excluding carboxylic acids is 4. The monoisotopic (exact) mass is 521 g/mol. The predicted octanol–water partition coefficient (Wildman–Crippen LogP) is 2.11. The molecule has 1 N–H and O–H groups in total. The number of nitrogens with one attached hydrogen (secondary N) is 1. The van der Waals surface area contributed by atoms with Gasteiger partial charge < -0.3 is 4.90 Å². The number of amides is 4. The van der Waals surface area contributed by atoms with E-state index in [1.165, 1.54) is 38.8 Å². The number of hydrogen-bond donors (Lipinski definition) is 1. The van der Waals surface area contributed by atoms with Crippen LogP contribution in [0.2, 0.25) is 0 Å². The zero-order valence-corrected chi connectivity index (χ0v) is 22.5. The van der Waals surface area contributed by atoms with Crippen LogP contribution in [0, 0.1) is 11.8 Å². The largest absolute Gasteiger partial charge is 0.368 e. The lowest BCUT2D eigenvalue weighted by Crippen LogP contribution is -2.62. The van der Waals surface area contributed by atoms with Crippen LogP contribution in [0.4, 0.5) is 5.69 Å². The first-order valence-electron chi connectivity index (χ1n) is 14.4. The lowest BCUT2D eigenvalue weighted by atomic mass is 9.84. The molecule has 6 rings (SSSR count). The van der Waals surface area contributed by atoms with Crippen molar-refractivity contribution in [2.45, 2.75) is 70.5 Å². The summed E-state index contributed by atoms with van der Waals surface area (Å²) in [5, 5.41) is 2.25. The summed E-state index contributed by atoms with van der Waals surface area (Å²) < 4.78 is 0. The van der Waals surface area contributed by atoms with Gasteiger partial charge in [-0.3, -0.25) is 39.2 Å². The average molecular weight is 522 g/mol. The quantitative estimate of drug-likeness (QED) is 0.594. The van der Waals surface area contributed by atoms with Crippen molar-refractivity contribution in [1.82, 2.24) is 20.0 Å². The lowest BCUT2D eigenvalue weighted by molar-refractivity contribution is -0.136. The molecule has 5 aliphatic heterocycles. The third-order valence-corrected chi connectivity index (χ3v) is 9.85. The summed E-state index contributed by atoms with van der Waals surface area (Å²) in [6.07, 6.45) is 5.39. The molecule has 0 aliphatic carbocycles. The van der Waals surface area contributed by atoms with E-state index >= 15 is 0 Å². The SMILES string of the molecule is CC[C@H]1CN(C2CCN(C3CN(c4ccc5c(c4)C(=O)N(C4CCC(=O)NC4=O)C5=O)C3)CC2)CC[C@@H]1C. The predicted molar refractivity (Wildman–Crippen MR) is 143 cm³/mol. The van der Waals surface area contributed by atoms with E-state index in [1.807, 2.05) is 6.07 Å². The highest BCUT2D eigenvalue weighted by Crippen LogP contribution is 2.34. The van der Waals surface area contributed by atoms with E-state index in [-0.39, 0.29) is 18.7 Å². The van der Waals surface area contributed by atoms with Gasteiger partial charge in [0.2, 0.25) is 11.8 Å². The topological polar surface area (TPSA) is 93.3 Å². The van der Waals surface area contributed by atoms with Gasteiger partial charge in [-0.25, -0.2) is 0 Å². The van der Waals surface area contributed by atoms with Crippen molar-refractivity contribution in [2.75, 3.05) is 44.2 Å². The molecular weight excluding hydrogens is 482 g/mol. The van der Waals surface area contributed by atoms with Crippen LogP contribution in [0.1, 0.15) is 73.1 Å². The minimum absolute atomic E-state index is 0.123. The molecular formula is C29H39N5O4. The Morgan fingerprint density at radius 2 is 1.55 bits per heavy atom. The molecule has 0 aromatic heterocycles. The Morgan fingerprint density at radius 1 is 0.842 bits per heavy atom. The number of piperidine rings is 3. The fourth-order valence-corrected chi connectivity index (χ4v) is 7.21. The van der Waals surface area contributed by atoms with Gasteiger partial charge in [-0.15, -0.1) is 0 Å². The standard InChI is InChI=1S/C29H39N5O4/c1-3-19-15-32(11-8-18(19)2)20-9-12-31(13-10-20)22-16-33(17-22)21-4-5-23-24(14-21)29(38)34(28(23)37)25-6-7-26(35)30-27(25)36/h4-5,14,18-20,22,25H,3,6-13,15-17H2,1-2H3,(H,30,35,36)/t18-,19-,25?/m0/s1. The molecule has 1 aromatic rings. The van der Waals surface area contributed by atoms with Crippen LogP contribution < -0.4 is 10.2 Å². The number of nitrogens with zero attached hydrogens (tertiary/aromatic N) is 4. The molecule has 0 saturated carbocycles. The van der Waals surface area contributed by atoms with Crippen molar-refractivity contribution in [3.05, 3.63) is 29.3 Å². The van der Waals surface area contributed by atoms with Gasteiger partial charge in [-0.05, 0) is 62.3 Å². The molecule has 9 heteroatoms. The second-order valence-electron chi connectivity index (χ2n) is 11.9. The molecule has 4 amide bonds. The molecule has 9 nitrogen and oxygen atoms in total. The smallest absolute Gasteiger partial charge is 0.262 e. The third kappa shape index (κ3) is 4.43. The van der Waals surface area contributed by atoms with Gasteiger partial charge in [0.05, 0.1) is 11.1 Å². The highest BCUT2D eigenvalue weighted by atomic mass is 16.2. The van der Waals surface area contributed by atoms with Crippen molar-refractivity contribution >= 4 is 29.3 Å². The summed E-state index contributed by atoms with van der Waals surface area (Å²) in [6.45, 7) is 11.4. The van der Waals surface area contributed by atoms with Gasteiger partial charge in [0.1, 0.15) is 6.04 Å². The highest BCUT2D eigenvalue weighted by molar-refractivity contribution is 6.23. The molecule has 0 bridgehead atoms. The van der Waals surface area contributed by atoms with Crippen LogP contribution in [0.5, 0.6) is 0 Å². The summed E-state index contributed by atoms with van der Waals surface area (Å²) in [6, 6.07) is 5.72. The summed E-state index contributed by atoms with van der Waals surface area (Å²) >= 11 is 0. The molecule has 5 aliphatic rings. The maximum Gasteiger partial charge on any atom is 0.262 e. The first-order valence-corrected chi connectivity index (χ1v) is 14.4. The molecule has 1 aromatic carbocycles. The maximum atomic E-state index is 13.2. The molecule has 4 fully saturated rings. The van der Waals surface area contributed by atoms with E-state index < -0.39 is 23.8 Å². The number of likely N-dealkylation sites (tertiary alicyclic amines) is 2. The Balaban J connectivity index is 1.03. The second-order valence-corrected chi connectivity index (χ2v) is 11.9. The van der Waals surface area contributed by atoms with Crippen LogP contribution in [-0.2, 0) is 9.59 Å². The van der Waals surface area contributed by atoms with Gasteiger partial charge >= 0.3 is 0 Å². The molecule has 4 saturated heterocycles. The van der Waals surface area contributed by atoms with E-state index in [0.29, 0.717) is 17.2 Å². The molecule has 204 valence electrons. The van der Waals surface area contributed by atoms with Gasteiger partial charge in [-0.1, -0.05) is 20.3 Å². The number of rotatable bonds is 5. The summed E-state index contributed by atoms with van der Waals surface area (Å²) in [5.74, 6) is -0.155. The van der Waals surface area contributed by atoms with Crippen molar-refractivity contribution < 1.29 is 19.2 Å². The molecule has 5 heterocycles. The lowest BCUT2D eigenvalue weighted by Gasteiger charge is -2.50. The number of imide groups is 2. The average Bonchev–Trinajstić information content (AvgIpc) is 3.13. The molecule has 0 radical (unpaired) electrons. The van der Waals surface area contributed by atoms with Crippen LogP contribution >= 0.6 is 0 Å². The van der Waals surface area contributed by atoms with Crippen LogP contribution in [-0.4, -0.2) is 95.7 Å². The number of carbonyl (C=O) groups is 4. The Labute approximate surface area is 224 Å². The van der Waals surface area contributed by atoms with Crippen molar-refractivity contribution in [2.24, 2.45) is 11.8 Å². The second kappa shape index (κ2) is 10.1. The van der Waals surface area contributed by atoms with Crippen molar-refractivity contribution in [3.8, 4) is 0 Å². The molecule has 38 heavy (non-hydrogen) atoms. The van der Waals surface area contributed by atoms with Gasteiger partial charge in [0.15, 0.2) is 0 Å². The fraction of sp³-hybridized carbons (Fsp3) is 0.655. The highest BCUT2D eigenvalue weighted by Gasteiger charge is 2.45. The van der Waals surface area contributed by atoms with Gasteiger partial charge in [0, 0.05) is 56.9 Å². The van der Waals surface area contributed by atoms with Gasteiger partial charge in [-0.2, -0.15) is 0 Å². The first-order chi connectivity index (χ1) is 18.3. The van der Waals surface area contributed by atoms with Crippen molar-refractivity contribution in [1.29, 1.82) is 0 Å². The Hall–Kier alpha value is -2.78. The van der Waals surface area contributed by atoms with E-state index in [9.17, 15) is 19.2 Å². The van der Waals surface area contributed by atoms with Gasteiger partial charge in [0.25, 0.3) is 11.8 Å². The van der Waals surface area contributed by atoms with E-state index in [0.717, 1.165) is 54.6 Å². The number of benzene rings is 1. The van der Waals surface area contributed by atoms with E-state index in [2.05, 4.69) is 33.9 Å². The third-order valence-electron chi connectivity index (χ3n) is 9.85. The van der Waals surface area contributed by atoms with Crippen LogP contribution in [0.15, 0.2) is 18.2 Å². The zero-order valence-electron chi connectivity index (χ0n) is 22.5. The van der Waals surface area contributed by atoms with Crippen LogP contribution in [0.3, 0.4) is 0 Å². The summed E-state index contributed by atoms with van der Waals surface area (Å²) in [5.41, 5.74) is 1.62. The molecule has 1 unspecified atom stereocenters. The minimum atomic E-state index is -0.930. The normalized spacial score (nSPS) is 30.0. The molecule has 0 spiro atoms. The number of hydrogen-bond acceptors (Lipinski definition) is 7. The maximum absolute atomic E-state index is 13.2. The van der Waals surface area contributed by atoms with Crippen molar-refractivity contribution in [3.63, 3.8) is 0 Å². The Morgan fingerprint density at radius 3 is 2.26 bits per heavy atom. The zero-order chi connectivity index (χ0) is 26.6.